The molecule has 2 unspecified atom stereocenters. The van der Waals surface area contributed by atoms with E-state index < -0.39 is 21.2 Å². The van der Waals surface area contributed by atoms with Gasteiger partial charge >= 0.3 is 0 Å². The Morgan fingerprint density at radius 2 is 2.25 bits per heavy atom. The molecule has 0 fully saturated rings. The minimum Gasteiger partial charge on any atom is -0.386 e. The van der Waals surface area contributed by atoms with E-state index in [4.69, 9.17) is 4.84 Å². The first kappa shape index (κ1) is 9.53. The molecule has 16 heavy (non-hydrogen) atoms. The van der Waals surface area contributed by atoms with Crippen molar-refractivity contribution in [1.29, 1.82) is 0 Å². The Hall–Kier alpha value is -1.69. The molecule has 0 saturated heterocycles. The SMILES string of the molecule is O=S1(=O)C=CC2ON=C(c3cccnc3)C21. The van der Waals surface area contributed by atoms with Gasteiger partial charge in [0.25, 0.3) is 0 Å². The van der Waals surface area contributed by atoms with Crippen LogP contribution in [0.25, 0.3) is 0 Å². The van der Waals surface area contributed by atoms with E-state index >= 15 is 0 Å². The molecule has 3 rings (SSSR count). The van der Waals surface area contributed by atoms with Crippen LogP contribution in [0.5, 0.6) is 0 Å². The number of sulfone groups is 1. The van der Waals surface area contributed by atoms with Crippen molar-refractivity contribution < 1.29 is 13.3 Å². The van der Waals surface area contributed by atoms with Crippen molar-refractivity contribution in [2.45, 2.75) is 11.4 Å². The van der Waals surface area contributed by atoms with Crippen LogP contribution in [0.3, 0.4) is 0 Å². The number of hydrogen-bond acceptors (Lipinski definition) is 5. The molecule has 0 saturated carbocycles. The largest absolute Gasteiger partial charge is 0.386 e. The highest BCUT2D eigenvalue weighted by Crippen LogP contribution is 2.29. The molecule has 0 N–H and O–H groups in total. The number of oxime groups is 1. The standard InChI is InChI=1S/C10H8N2O3S/c13-16(14)5-3-8-10(16)9(12-15-8)7-2-1-4-11-6-7/h1-6,8,10H. The lowest BCUT2D eigenvalue weighted by Gasteiger charge is -2.08. The Kier molecular flexibility index (Phi) is 1.88. The Bertz CT molecular complexity index is 577. The predicted molar refractivity (Wildman–Crippen MR) is 57.5 cm³/mol. The van der Waals surface area contributed by atoms with Gasteiger partial charge in [-0.05, 0) is 18.2 Å². The summed E-state index contributed by atoms with van der Waals surface area (Å²) in [6.07, 6.45) is 4.24. The molecule has 2 aliphatic rings. The summed E-state index contributed by atoms with van der Waals surface area (Å²) < 4.78 is 23.5. The lowest BCUT2D eigenvalue weighted by molar-refractivity contribution is 0.123. The van der Waals surface area contributed by atoms with Gasteiger partial charge in [0.05, 0.1) is 0 Å². The lowest BCUT2D eigenvalue weighted by Crippen LogP contribution is -2.31. The fraction of sp³-hybridized carbons (Fsp3) is 0.200. The topological polar surface area (TPSA) is 68.6 Å². The molecule has 3 heterocycles. The van der Waals surface area contributed by atoms with Gasteiger partial charge in [-0.25, -0.2) is 8.42 Å². The van der Waals surface area contributed by atoms with E-state index in [9.17, 15) is 8.42 Å². The maximum atomic E-state index is 11.8. The average molecular weight is 236 g/mol. The Balaban J connectivity index is 2.06. The summed E-state index contributed by atoms with van der Waals surface area (Å²) in [4.78, 5) is 9.01. The second-order valence-corrected chi connectivity index (χ2v) is 5.58. The molecule has 2 aliphatic heterocycles. The third-order valence-electron chi connectivity index (χ3n) is 2.61. The van der Waals surface area contributed by atoms with Crippen LogP contribution in [-0.4, -0.2) is 30.5 Å². The van der Waals surface area contributed by atoms with Crippen LogP contribution >= 0.6 is 0 Å². The molecule has 2 atom stereocenters. The van der Waals surface area contributed by atoms with Gasteiger partial charge in [0, 0.05) is 23.4 Å². The summed E-state index contributed by atoms with van der Waals surface area (Å²) in [7, 11) is -3.29. The maximum Gasteiger partial charge on any atom is 0.184 e. The first-order chi connectivity index (χ1) is 7.68. The summed E-state index contributed by atoms with van der Waals surface area (Å²) in [5.74, 6) is 0. The van der Waals surface area contributed by atoms with Gasteiger partial charge in [0.1, 0.15) is 5.71 Å². The van der Waals surface area contributed by atoms with Crippen molar-refractivity contribution in [2.75, 3.05) is 0 Å². The maximum absolute atomic E-state index is 11.8. The quantitative estimate of drug-likeness (QED) is 0.711. The molecule has 1 aromatic heterocycles. The van der Waals surface area contributed by atoms with Gasteiger partial charge in [-0.2, -0.15) is 0 Å². The lowest BCUT2D eigenvalue weighted by atomic mass is 10.1. The van der Waals surface area contributed by atoms with E-state index in [0.717, 1.165) is 0 Å². The second kappa shape index (κ2) is 3.15. The van der Waals surface area contributed by atoms with E-state index in [0.29, 0.717) is 11.3 Å². The third kappa shape index (κ3) is 1.26. The van der Waals surface area contributed by atoms with Gasteiger partial charge in [-0.3, -0.25) is 4.98 Å². The van der Waals surface area contributed by atoms with Crippen LogP contribution in [0.2, 0.25) is 0 Å². The van der Waals surface area contributed by atoms with Crippen molar-refractivity contribution in [3.63, 3.8) is 0 Å². The minimum absolute atomic E-state index is 0.433. The zero-order valence-corrected chi connectivity index (χ0v) is 8.96. The average Bonchev–Trinajstić information content (AvgIpc) is 2.82. The first-order valence-corrected chi connectivity index (χ1v) is 6.36. The molecule has 82 valence electrons. The molecule has 6 heteroatoms. The summed E-state index contributed by atoms with van der Waals surface area (Å²) in [5.41, 5.74) is 1.12. The number of hydrogen-bond donors (Lipinski definition) is 0. The predicted octanol–water partition coefficient (Wildman–Crippen LogP) is 0.495. The van der Waals surface area contributed by atoms with Crippen LogP contribution in [-0.2, 0) is 14.7 Å². The molecule has 5 nitrogen and oxygen atoms in total. The number of nitrogens with zero attached hydrogens (tertiary/aromatic N) is 2. The highest BCUT2D eigenvalue weighted by Gasteiger charge is 2.46. The van der Waals surface area contributed by atoms with E-state index in [1.54, 1.807) is 24.5 Å². The Labute approximate surface area is 92.4 Å². The summed E-state index contributed by atoms with van der Waals surface area (Å²) in [5, 5.41) is 4.31. The highest BCUT2D eigenvalue weighted by atomic mass is 32.2. The fourth-order valence-corrected chi connectivity index (χ4v) is 3.41. The molecule has 0 amide bonds. The Morgan fingerprint density at radius 1 is 1.38 bits per heavy atom. The van der Waals surface area contributed by atoms with E-state index in [-0.39, 0.29) is 0 Å². The van der Waals surface area contributed by atoms with Crippen LogP contribution in [0.4, 0.5) is 0 Å². The van der Waals surface area contributed by atoms with Gasteiger partial charge in [-0.1, -0.05) is 5.16 Å². The Morgan fingerprint density at radius 3 is 3.00 bits per heavy atom. The normalized spacial score (nSPS) is 29.6. The third-order valence-corrected chi connectivity index (χ3v) is 4.35. The van der Waals surface area contributed by atoms with Gasteiger partial charge in [-0.15, -0.1) is 0 Å². The monoisotopic (exact) mass is 236 g/mol. The van der Waals surface area contributed by atoms with Gasteiger partial charge < -0.3 is 4.84 Å². The smallest absolute Gasteiger partial charge is 0.184 e. The summed E-state index contributed by atoms with van der Waals surface area (Å²) in [6.45, 7) is 0. The van der Waals surface area contributed by atoms with Crippen molar-refractivity contribution >= 4 is 15.5 Å². The summed E-state index contributed by atoms with van der Waals surface area (Å²) in [6, 6.07) is 3.51. The van der Waals surface area contributed by atoms with Crippen molar-refractivity contribution in [3.8, 4) is 0 Å². The summed E-state index contributed by atoms with van der Waals surface area (Å²) >= 11 is 0. The number of pyridine rings is 1. The van der Waals surface area contributed by atoms with Crippen molar-refractivity contribution in [1.82, 2.24) is 4.98 Å². The zero-order chi connectivity index (χ0) is 11.2. The number of aromatic nitrogens is 1. The molecular weight excluding hydrogens is 228 g/mol. The van der Waals surface area contributed by atoms with E-state index in [2.05, 4.69) is 10.1 Å². The number of rotatable bonds is 1. The first-order valence-electron chi connectivity index (χ1n) is 4.75. The second-order valence-electron chi connectivity index (χ2n) is 3.63. The highest BCUT2D eigenvalue weighted by molar-refractivity contribution is 7.96. The van der Waals surface area contributed by atoms with Gasteiger partial charge in [0.2, 0.25) is 0 Å². The molecule has 0 bridgehead atoms. The molecule has 0 aliphatic carbocycles. The number of fused-ring (bicyclic) bond motifs is 1. The van der Waals surface area contributed by atoms with Gasteiger partial charge in [0.15, 0.2) is 21.2 Å². The van der Waals surface area contributed by atoms with E-state index in [1.807, 2.05) is 0 Å². The zero-order valence-electron chi connectivity index (χ0n) is 8.15. The molecule has 1 aromatic rings. The van der Waals surface area contributed by atoms with E-state index in [1.165, 1.54) is 11.5 Å². The molecule has 0 spiro atoms. The van der Waals surface area contributed by atoms with Crippen molar-refractivity contribution in [2.24, 2.45) is 5.16 Å². The minimum atomic E-state index is -3.29. The fourth-order valence-electron chi connectivity index (χ4n) is 1.86. The van der Waals surface area contributed by atoms with Crippen LogP contribution < -0.4 is 0 Å². The molecule has 0 radical (unpaired) electrons. The molecule has 0 aromatic carbocycles. The van der Waals surface area contributed by atoms with Crippen LogP contribution in [0.15, 0.2) is 41.2 Å². The molecular formula is C10H8N2O3S. The van der Waals surface area contributed by atoms with Crippen LogP contribution in [0.1, 0.15) is 5.56 Å². The van der Waals surface area contributed by atoms with Crippen LogP contribution in [0, 0.1) is 0 Å². The van der Waals surface area contributed by atoms with Crippen molar-refractivity contribution in [3.05, 3.63) is 41.6 Å².